The minimum Gasteiger partial charge on any atom is -0.361 e. The molecule has 0 spiro atoms. The van der Waals surface area contributed by atoms with Crippen molar-refractivity contribution in [3.63, 3.8) is 0 Å². The van der Waals surface area contributed by atoms with Crippen LogP contribution >= 0.6 is 0 Å². The maximum Gasteiger partial charge on any atom is 0.151 e. The van der Waals surface area contributed by atoms with Gasteiger partial charge in [0.25, 0.3) is 0 Å². The van der Waals surface area contributed by atoms with E-state index in [9.17, 15) is 4.39 Å². The average molecular weight is 353 g/mol. The Morgan fingerprint density at radius 2 is 1.92 bits per heavy atom. The molecule has 4 rings (SSSR count). The van der Waals surface area contributed by atoms with Gasteiger partial charge >= 0.3 is 0 Å². The van der Waals surface area contributed by atoms with Gasteiger partial charge in [0.15, 0.2) is 5.82 Å². The van der Waals surface area contributed by atoms with Crippen molar-refractivity contribution in [1.82, 2.24) is 20.3 Å². The van der Waals surface area contributed by atoms with Crippen molar-refractivity contribution in [1.29, 1.82) is 0 Å². The fourth-order valence-electron chi connectivity index (χ4n) is 3.14. The molecule has 7 heteroatoms. The van der Waals surface area contributed by atoms with E-state index in [-0.39, 0.29) is 5.82 Å². The Morgan fingerprint density at radius 1 is 1.08 bits per heavy atom. The van der Waals surface area contributed by atoms with Crippen LogP contribution in [-0.2, 0) is 6.54 Å². The molecule has 1 fully saturated rings. The number of anilines is 1. The first-order valence-corrected chi connectivity index (χ1v) is 8.66. The molecule has 3 heterocycles. The van der Waals surface area contributed by atoms with Crippen LogP contribution in [0, 0.1) is 12.7 Å². The van der Waals surface area contributed by atoms with Gasteiger partial charge in [-0.05, 0) is 31.2 Å². The number of rotatable bonds is 4. The normalized spacial score (nSPS) is 15.4. The van der Waals surface area contributed by atoms with E-state index in [0.717, 1.165) is 55.4 Å². The third-order valence-corrected chi connectivity index (χ3v) is 4.71. The van der Waals surface area contributed by atoms with Crippen molar-refractivity contribution in [3.05, 3.63) is 59.7 Å². The lowest BCUT2D eigenvalue weighted by atomic mass is 10.1. The molecule has 1 aromatic carbocycles. The van der Waals surface area contributed by atoms with E-state index in [1.165, 1.54) is 12.1 Å². The summed E-state index contributed by atoms with van der Waals surface area (Å²) in [7, 11) is 0. The molecule has 0 atom stereocenters. The molecule has 134 valence electrons. The first-order chi connectivity index (χ1) is 12.7. The van der Waals surface area contributed by atoms with Crippen molar-refractivity contribution in [2.45, 2.75) is 13.5 Å². The number of hydrogen-bond acceptors (Lipinski definition) is 6. The highest BCUT2D eigenvalue weighted by atomic mass is 19.1. The van der Waals surface area contributed by atoms with E-state index >= 15 is 0 Å². The molecular formula is C19H20FN5O. The zero-order valence-corrected chi connectivity index (χ0v) is 14.6. The summed E-state index contributed by atoms with van der Waals surface area (Å²) in [5, 5.41) is 12.4. The maximum absolute atomic E-state index is 13.3. The van der Waals surface area contributed by atoms with Crippen LogP contribution in [0.15, 0.2) is 47.1 Å². The third-order valence-electron chi connectivity index (χ3n) is 4.71. The maximum atomic E-state index is 13.3. The third kappa shape index (κ3) is 3.57. The summed E-state index contributed by atoms with van der Waals surface area (Å²) < 4.78 is 18.5. The van der Waals surface area contributed by atoms with Gasteiger partial charge in [0.05, 0.1) is 11.9 Å². The van der Waals surface area contributed by atoms with Gasteiger partial charge in [0, 0.05) is 43.9 Å². The molecule has 0 unspecified atom stereocenters. The van der Waals surface area contributed by atoms with Crippen LogP contribution in [0.5, 0.6) is 0 Å². The lowest BCUT2D eigenvalue weighted by Crippen LogP contribution is -2.46. The van der Waals surface area contributed by atoms with Crippen molar-refractivity contribution in [2.75, 3.05) is 31.1 Å². The van der Waals surface area contributed by atoms with Crippen molar-refractivity contribution in [2.24, 2.45) is 0 Å². The van der Waals surface area contributed by atoms with Crippen LogP contribution in [0.25, 0.3) is 11.3 Å². The van der Waals surface area contributed by atoms with E-state index in [1.54, 1.807) is 12.3 Å². The highest BCUT2D eigenvalue weighted by molar-refractivity contribution is 5.59. The predicted molar refractivity (Wildman–Crippen MR) is 96.2 cm³/mol. The van der Waals surface area contributed by atoms with E-state index in [1.807, 2.05) is 25.1 Å². The molecule has 0 radical (unpaired) electrons. The zero-order valence-electron chi connectivity index (χ0n) is 14.6. The molecule has 6 nitrogen and oxygen atoms in total. The van der Waals surface area contributed by atoms with Crippen LogP contribution < -0.4 is 4.90 Å². The molecule has 0 bridgehead atoms. The number of nitrogens with zero attached hydrogens (tertiary/aromatic N) is 5. The standard InChI is InChI=1S/C19H20FN5O/c1-14-16(12-21-26-14)13-24-7-9-25(10-8-24)19-6-5-18(22-23-19)15-3-2-4-17(20)11-15/h2-6,11-12H,7-10,13H2,1H3. The smallest absolute Gasteiger partial charge is 0.151 e. The summed E-state index contributed by atoms with van der Waals surface area (Å²) in [4.78, 5) is 4.60. The molecule has 0 saturated carbocycles. The van der Waals surface area contributed by atoms with Gasteiger partial charge in [0.1, 0.15) is 11.6 Å². The number of benzene rings is 1. The summed E-state index contributed by atoms with van der Waals surface area (Å²) >= 11 is 0. The van der Waals surface area contributed by atoms with Gasteiger partial charge in [-0.3, -0.25) is 4.90 Å². The molecule has 1 aliphatic heterocycles. The minimum absolute atomic E-state index is 0.271. The van der Waals surface area contributed by atoms with Gasteiger partial charge in [-0.15, -0.1) is 10.2 Å². The first-order valence-electron chi connectivity index (χ1n) is 8.66. The largest absolute Gasteiger partial charge is 0.361 e. The topological polar surface area (TPSA) is 58.3 Å². The molecule has 1 saturated heterocycles. The van der Waals surface area contributed by atoms with Gasteiger partial charge in [0.2, 0.25) is 0 Å². The molecule has 0 N–H and O–H groups in total. The quantitative estimate of drug-likeness (QED) is 0.719. The van der Waals surface area contributed by atoms with Crippen LogP contribution in [0.1, 0.15) is 11.3 Å². The number of piperazine rings is 1. The predicted octanol–water partition coefficient (Wildman–Crippen LogP) is 2.90. The van der Waals surface area contributed by atoms with Crippen molar-refractivity contribution in [3.8, 4) is 11.3 Å². The highest BCUT2D eigenvalue weighted by Crippen LogP contribution is 2.20. The van der Waals surface area contributed by atoms with Gasteiger partial charge in [-0.25, -0.2) is 4.39 Å². The second-order valence-corrected chi connectivity index (χ2v) is 6.46. The SMILES string of the molecule is Cc1oncc1CN1CCN(c2ccc(-c3cccc(F)c3)nn2)CC1. The van der Waals surface area contributed by atoms with Gasteiger partial charge in [-0.1, -0.05) is 17.3 Å². The van der Waals surface area contributed by atoms with E-state index < -0.39 is 0 Å². The molecular weight excluding hydrogens is 333 g/mol. The second-order valence-electron chi connectivity index (χ2n) is 6.46. The summed E-state index contributed by atoms with van der Waals surface area (Å²) in [6, 6.07) is 10.2. The zero-order chi connectivity index (χ0) is 17.9. The van der Waals surface area contributed by atoms with E-state index in [2.05, 4.69) is 25.2 Å². The molecule has 0 amide bonds. The minimum atomic E-state index is -0.271. The van der Waals surface area contributed by atoms with Crippen LogP contribution in [0.2, 0.25) is 0 Å². The fraction of sp³-hybridized carbons (Fsp3) is 0.316. The number of halogens is 1. The van der Waals surface area contributed by atoms with Crippen molar-refractivity contribution < 1.29 is 8.91 Å². The molecule has 0 aliphatic carbocycles. The Balaban J connectivity index is 1.38. The lowest BCUT2D eigenvalue weighted by molar-refractivity contribution is 0.247. The monoisotopic (exact) mass is 353 g/mol. The summed E-state index contributed by atoms with van der Waals surface area (Å²) in [5.41, 5.74) is 2.55. The molecule has 1 aliphatic rings. The number of aryl methyl sites for hydroxylation is 1. The Kier molecular flexibility index (Phi) is 4.62. The molecule has 2 aromatic heterocycles. The highest BCUT2D eigenvalue weighted by Gasteiger charge is 2.19. The van der Waals surface area contributed by atoms with Crippen LogP contribution in [0.4, 0.5) is 10.2 Å². The number of aromatic nitrogens is 3. The average Bonchev–Trinajstić information content (AvgIpc) is 3.07. The summed E-state index contributed by atoms with van der Waals surface area (Å²) in [6.45, 7) is 6.45. The Morgan fingerprint density at radius 3 is 2.58 bits per heavy atom. The lowest BCUT2D eigenvalue weighted by Gasteiger charge is -2.35. The fourth-order valence-corrected chi connectivity index (χ4v) is 3.14. The van der Waals surface area contributed by atoms with Crippen LogP contribution in [0.3, 0.4) is 0 Å². The second kappa shape index (κ2) is 7.21. The summed E-state index contributed by atoms with van der Waals surface area (Å²) in [5.74, 6) is 1.46. The van der Waals surface area contributed by atoms with Crippen LogP contribution in [-0.4, -0.2) is 46.4 Å². The van der Waals surface area contributed by atoms with Crippen molar-refractivity contribution >= 4 is 5.82 Å². The Hall–Kier alpha value is -2.80. The number of hydrogen-bond donors (Lipinski definition) is 0. The Labute approximate surface area is 151 Å². The van der Waals surface area contributed by atoms with Gasteiger partial charge < -0.3 is 9.42 Å². The summed E-state index contributed by atoms with van der Waals surface area (Å²) in [6.07, 6.45) is 1.79. The van der Waals surface area contributed by atoms with Gasteiger partial charge in [-0.2, -0.15) is 0 Å². The first kappa shape index (κ1) is 16.7. The molecule has 3 aromatic rings. The Bertz CT molecular complexity index is 872. The van der Waals surface area contributed by atoms with E-state index in [0.29, 0.717) is 5.69 Å². The van der Waals surface area contributed by atoms with E-state index in [4.69, 9.17) is 4.52 Å². The molecule has 26 heavy (non-hydrogen) atoms.